The van der Waals surface area contributed by atoms with Crippen molar-refractivity contribution >= 4 is 22.5 Å². The molecule has 1 aromatic heterocycles. The van der Waals surface area contributed by atoms with Crippen molar-refractivity contribution in [2.45, 2.75) is 40.3 Å². The number of fused-ring (bicyclic) bond motifs is 1. The molecular weight excluding hydrogens is 352 g/mol. The van der Waals surface area contributed by atoms with Crippen molar-refractivity contribution < 1.29 is 4.79 Å². The Morgan fingerprint density at radius 2 is 1.96 bits per heavy atom. The molecule has 6 nitrogen and oxygen atoms in total. The number of nitrogens with one attached hydrogen (secondary N) is 2. The molecule has 3 rings (SSSR count). The van der Waals surface area contributed by atoms with Gasteiger partial charge in [0.15, 0.2) is 0 Å². The zero-order valence-electron chi connectivity index (χ0n) is 16.7. The summed E-state index contributed by atoms with van der Waals surface area (Å²) < 4.78 is 0. The molecule has 0 saturated carbocycles. The summed E-state index contributed by atoms with van der Waals surface area (Å²) in [6.07, 6.45) is 0. The van der Waals surface area contributed by atoms with E-state index in [0.717, 1.165) is 16.8 Å². The van der Waals surface area contributed by atoms with E-state index in [9.17, 15) is 9.59 Å². The summed E-state index contributed by atoms with van der Waals surface area (Å²) in [5.41, 5.74) is 3.44. The Kier molecular flexibility index (Phi) is 5.90. The number of likely N-dealkylation sites (N-methyl/N-ethyl adjacent to an activating group) is 1. The second-order valence-corrected chi connectivity index (χ2v) is 7.08. The summed E-state index contributed by atoms with van der Waals surface area (Å²) in [5.74, 6) is 0.468. The van der Waals surface area contributed by atoms with Crippen molar-refractivity contribution in [2.75, 3.05) is 11.9 Å². The van der Waals surface area contributed by atoms with E-state index in [2.05, 4.69) is 15.3 Å². The van der Waals surface area contributed by atoms with E-state index < -0.39 is 0 Å². The standard InChI is InChI=1S/C22H26N4O2/c1-5-26(13-20-23-18-9-7-6-8-17(18)22(28)25-20)16(4)21(27)24-19-12-14(2)10-11-15(19)3/h6-12,16H,5,13H2,1-4H3,(H,24,27)(H,23,25,28). The molecule has 0 aliphatic carbocycles. The predicted molar refractivity (Wildman–Crippen MR) is 112 cm³/mol. The van der Waals surface area contributed by atoms with Crippen LogP contribution in [-0.2, 0) is 11.3 Å². The minimum Gasteiger partial charge on any atom is -0.324 e. The third-order valence-corrected chi connectivity index (χ3v) is 5.00. The van der Waals surface area contributed by atoms with Crippen LogP contribution < -0.4 is 10.9 Å². The third-order valence-electron chi connectivity index (χ3n) is 5.00. The summed E-state index contributed by atoms with van der Waals surface area (Å²) in [7, 11) is 0. The smallest absolute Gasteiger partial charge is 0.258 e. The Morgan fingerprint density at radius 1 is 1.21 bits per heavy atom. The van der Waals surface area contributed by atoms with Gasteiger partial charge in [0.25, 0.3) is 5.56 Å². The lowest BCUT2D eigenvalue weighted by Gasteiger charge is -2.26. The third kappa shape index (κ3) is 4.28. The first-order valence-corrected chi connectivity index (χ1v) is 9.49. The normalized spacial score (nSPS) is 12.3. The highest BCUT2D eigenvalue weighted by molar-refractivity contribution is 5.95. The van der Waals surface area contributed by atoms with Crippen molar-refractivity contribution in [1.82, 2.24) is 14.9 Å². The van der Waals surface area contributed by atoms with Crippen molar-refractivity contribution in [2.24, 2.45) is 0 Å². The Balaban J connectivity index is 1.78. The molecule has 2 N–H and O–H groups in total. The number of benzene rings is 2. The Hall–Kier alpha value is -2.99. The van der Waals surface area contributed by atoms with E-state index >= 15 is 0 Å². The average molecular weight is 378 g/mol. The SMILES string of the molecule is CCN(Cc1nc2ccccc2c(=O)[nH]1)C(C)C(=O)Nc1cc(C)ccc1C. The topological polar surface area (TPSA) is 78.1 Å². The zero-order chi connectivity index (χ0) is 20.3. The first kappa shape index (κ1) is 19.8. The van der Waals surface area contributed by atoms with Crippen LogP contribution in [0, 0.1) is 13.8 Å². The van der Waals surface area contributed by atoms with Crippen LogP contribution in [0.25, 0.3) is 10.9 Å². The number of aromatic amines is 1. The van der Waals surface area contributed by atoms with Gasteiger partial charge in [-0.15, -0.1) is 0 Å². The first-order chi connectivity index (χ1) is 13.4. The monoisotopic (exact) mass is 378 g/mol. The van der Waals surface area contributed by atoms with Gasteiger partial charge < -0.3 is 10.3 Å². The van der Waals surface area contributed by atoms with Gasteiger partial charge in [0.1, 0.15) is 5.82 Å². The molecular formula is C22H26N4O2. The fourth-order valence-electron chi connectivity index (χ4n) is 3.20. The number of hydrogen-bond donors (Lipinski definition) is 2. The summed E-state index contributed by atoms with van der Waals surface area (Å²) >= 11 is 0. The molecule has 6 heteroatoms. The maximum Gasteiger partial charge on any atom is 0.258 e. The summed E-state index contributed by atoms with van der Waals surface area (Å²) in [4.78, 5) is 34.5. The fraction of sp³-hybridized carbons (Fsp3) is 0.318. The number of aryl methyl sites for hydroxylation is 2. The average Bonchev–Trinajstić information content (AvgIpc) is 2.68. The number of anilines is 1. The highest BCUT2D eigenvalue weighted by Gasteiger charge is 2.22. The van der Waals surface area contributed by atoms with E-state index in [1.165, 1.54) is 0 Å². The van der Waals surface area contributed by atoms with Gasteiger partial charge in [-0.2, -0.15) is 0 Å². The van der Waals surface area contributed by atoms with Crippen LogP contribution >= 0.6 is 0 Å². The molecule has 0 saturated heterocycles. The van der Waals surface area contributed by atoms with Crippen LogP contribution in [0.1, 0.15) is 30.8 Å². The van der Waals surface area contributed by atoms with Gasteiger partial charge in [-0.05, 0) is 56.6 Å². The van der Waals surface area contributed by atoms with Crippen molar-refractivity contribution in [3.05, 3.63) is 69.8 Å². The highest BCUT2D eigenvalue weighted by Crippen LogP contribution is 2.17. The van der Waals surface area contributed by atoms with Crippen LogP contribution in [0.15, 0.2) is 47.3 Å². The van der Waals surface area contributed by atoms with Crippen LogP contribution in [0.3, 0.4) is 0 Å². The van der Waals surface area contributed by atoms with E-state index in [1.54, 1.807) is 6.07 Å². The van der Waals surface area contributed by atoms with Crippen molar-refractivity contribution in [3.8, 4) is 0 Å². The van der Waals surface area contributed by atoms with E-state index in [4.69, 9.17) is 0 Å². The summed E-state index contributed by atoms with van der Waals surface area (Å²) in [6.45, 7) is 8.86. The minimum absolute atomic E-state index is 0.0845. The lowest BCUT2D eigenvalue weighted by atomic mass is 10.1. The number of carbonyl (C=O) groups is 1. The molecule has 0 bridgehead atoms. The fourth-order valence-corrected chi connectivity index (χ4v) is 3.20. The Labute approximate surface area is 164 Å². The Bertz CT molecular complexity index is 1060. The van der Waals surface area contributed by atoms with Crippen LogP contribution in [0.5, 0.6) is 0 Å². The molecule has 1 unspecified atom stereocenters. The number of nitrogens with zero attached hydrogens (tertiary/aromatic N) is 2. The van der Waals surface area contributed by atoms with Crippen molar-refractivity contribution in [3.63, 3.8) is 0 Å². The van der Waals surface area contributed by atoms with Gasteiger partial charge in [-0.1, -0.05) is 31.2 Å². The minimum atomic E-state index is -0.373. The van der Waals surface area contributed by atoms with Gasteiger partial charge in [-0.25, -0.2) is 4.98 Å². The molecule has 0 radical (unpaired) electrons. The highest BCUT2D eigenvalue weighted by atomic mass is 16.2. The molecule has 3 aromatic rings. The van der Waals surface area contributed by atoms with Crippen LogP contribution in [0.2, 0.25) is 0 Å². The van der Waals surface area contributed by atoms with Gasteiger partial charge in [0, 0.05) is 5.69 Å². The van der Waals surface area contributed by atoms with Gasteiger partial charge in [0.05, 0.1) is 23.5 Å². The summed E-state index contributed by atoms with van der Waals surface area (Å²) in [6, 6.07) is 12.9. The first-order valence-electron chi connectivity index (χ1n) is 9.49. The predicted octanol–water partition coefficient (Wildman–Crippen LogP) is 3.39. The number of carbonyl (C=O) groups excluding carboxylic acids is 1. The van der Waals surface area contributed by atoms with Gasteiger partial charge in [-0.3, -0.25) is 14.5 Å². The molecule has 1 heterocycles. The quantitative estimate of drug-likeness (QED) is 0.689. The van der Waals surface area contributed by atoms with E-state index in [1.807, 2.05) is 69.0 Å². The number of amides is 1. The molecule has 28 heavy (non-hydrogen) atoms. The number of rotatable bonds is 6. The molecule has 146 valence electrons. The zero-order valence-corrected chi connectivity index (χ0v) is 16.7. The second-order valence-electron chi connectivity index (χ2n) is 7.08. The molecule has 0 spiro atoms. The molecule has 1 atom stereocenters. The number of aromatic nitrogens is 2. The van der Waals surface area contributed by atoms with Gasteiger partial charge >= 0.3 is 0 Å². The van der Waals surface area contributed by atoms with Crippen LogP contribution in [-0.4, -0.2) is 33.4 Å². The molecule has 0 fully saturated rings. The maximum absolute atomic E-state index is 12.8. The molecule has 0 aliphatic heterocycles. The van der Waals surface area contributed by atoms with Gasteiger partial charge in [0.2, 0.25) is 5.91 Å². The lowest BCUT2D eigenvalue weighted by Crippen LogP contribution is -2.42. The number of H-pyrrole nitrogens is 1. The molecule has 2 aromatic carbocycles. The summed E-state index contributed by atoms with van der Waals surface area (Å²) in [5, 5.41) is 3.58. The number of para-hydroxylation sites is 1. The van der Waals surface area contributed by atoms with Crippen molar-refractivity contribution in [1.29, 1.82) is 0 Å². The maximum atomic E-state index is 12.8. The van der Waals surface area contributed by atoms with E-state index in [0.29, 0.717) is 29.8 Å². The van der Waals surface area contributed by atoms with Crippen LogP contribution in [0.4, 0.5) is 5.69 Å². The second kappa shape index (κ2) is 8.35. The largest absolute Gasteiger partial charge is 0.324 e. The Morgan fingerprint density at radius 3 is 2.71 bits per heavy atom. The molecule has 0 aliphatic rings. The number of hydrogen-bond acceptors (Lipinski definition) is 4. The molecule has 1 amide bonds. The lowest BCUT2D eigenvalue weighted by molar-refractivity contribution is -0.120. The van der Waals surface area contributed by atoms with E-state index in [-0.39, 0.29) is 17.5 Å².